The minimum absolute atomic E-state index is 0.118. The lowest BCUT2D eigenvalue weighted by Crippen LogP contribution is -2.26. The predicted octanol–water partition coefficient (Wildman–Crippen LogP) is 13.9. The molecule has 77 heavy (non-hydrogen) atoms. The molecule has 0 saturated carbocycles. The number of para-hydroxylation sites is 1. The Hall–Kier alpha value is -5.88. The molecule has 10 nitrogen and oxygen atoms in total. The lowest BCUT2D eigenvalue weighted by atomic mass is 9.70. The Morgan fingerprint density at radius 1 is 0.403 bits per heavy atom. The first kappa shape index (κ1) is 58.8. The van der Waals surface area contributed by atoms with Gasteiger partial charge in [-0.15, -0.1) is 0 Å². The molecule has 0 amide bonds. The fraction of sp³-hybridized carbons (Fsp3) is 0.463. The third-order valence-electron chi connectivity index (χ3n) is 13.5. The molecule has 414 valence electrons. The monoisotopic (exact) mass is 1050 g/mol. The quantitative estimate of drug-likeness (QED) is 0.0542. The molecular formula is C67H86O10. The molecular weight excluding hydrogens is 965 g/mol. The minimum atomic E-state index is -0.400. The average Bonchev–Trinajstić information content (AvgIpc) is 4.23. The molecule has 11 rings (SSSR count). The summed E-state index contributed by atoms with van der Waals surface area (Å²) in [7, 11) is 0. The normalized spacial score (nSPS) is 20.0. The van der Waals surface area contributed by atoms with Crippen molar-refractivity contribution in [2.24, 2.45) is 5.92 Å². The van der Waals surface area contributed by atoms with E-state index in [1.165, 1.54) is 38.9 Å². The number of epoxide rings is 5. The summed E-state index contributed by atoms with van der Waals surface area (Å²) < 4.78 is 55.0. The lowest BCUT2D eigenvalue weighted by Gasteiger charge is -2.33. The van der Waals surface area contributed by atoms with Crippen LogP contribution in [0.4, 0.5) is 0 Å². The molecule has 0 aliphatic carbocycles. The molecule has 5 aliphatic heterocycles. The second kappa shape index (κ2) is 27.6. The summed E-state index contributed by atoms with van der Waals surface area (Å²) in [6.07, 6.45) is 1.36. The van der Waals surface area contributed by atoms with Gasteiger partial charge in [0, 0.05) is 10.8 Å². The molecule has 10 heteroatoms. The largest absolute Gasteiger partial charge is 0.491 e. The zero-order valence-electron chi connectivity index (χ0n) is 48.0. The Balaban J connectivity index is 0.000000211. The number of ether oxygens (including phenoxy) is 10. The summed E-state index contributed by atoms with van der Waals surface area (Å²) in [5.41, 5.74) is 8.11. The van der Waals surface area contributed by atoms with Gasteiger partial charge in [-0.05, 0) is 119 Å². The molecule has 5 fully saturated rings. The van der Waals surface area contributed by atoms with Gasteiger partial charge >= 0.3 is 0 Å². The van der Waals surface area contributed by atoms with E-state index in [9.17, 15) is 0 Å². The Labute approximate surface area is 460 Å². The summed E-state index contributed by atoms with van der Waals surface area (Å²) in [6.45, 7) is 33.3. The van der Waals surface area contributed by atoms with E-state index >= 15 is 0 Å². The molecule has 0 spiro atoms. The molecule has 6 aromatic rings. The van der Waals surface area contributed by atoms with Crippen molar-refractivity contribution < 1.29 is 47.4 Å². The average molecular weight is 1050 g/mol. The van der Waals surface area contributed by atoms with Crippen molar-refractivity contribution in [3.63, 3.8) is 0 Å². The van der Waals surface area contributed by atoms with E-state index in [2.05, 4.69) is 184 Å². The van der Waals surface area contributed by atoms with Gasteiger partial charge in [-0.3, -0.25) is 0 Å². The molecule has 0 aromatic heterocycles. The summed E-state index contributed by atoms with van der Waals surface area (Å²) in [4.78, 5) is 0. The highest BCUT2D eigenvalue weighted by Crippen LogP contribution is 2.42. The zero-order chi connectivity index (χ0) is 55.0. The Kier molecular flexibility index (Phi) is 21.1. The number of aryl methyl sites for hydroxylation is 1. The molecule has 5 unspecified atom stereocenters. The van der Waals surface area contributed by atoms with Crippen molar-refractivity contribution in [3.05, 3.63) is 185 Å². The second-order valence-corrected chi connectivity index (χ2v) is 22.5. The zero-order valence-corrected chi connectivity index (χ0v) is 48.0. The van der Waals surface area contributed by atoms with Gasteiger partial charge in [-0.1, -0.05) is 160 Å². The van der Waals surface area contributed by atoms with Crippen LogP contribution in [0.5, 0.6) is 28.7 Å². The molecule has 0 bridgehead atoms. The van der Waals surface area contributed by atoms with Gasteiger partial charge in [0.1, 0.15) is 92.3 Å². The number of rotatable bonds is 20. The lowest BCUT2D eigenvalue weighted by molar-refractivity contribution is 0.258. The number of hydrogen-bond acceptors (Lipinski definition) is 10. The topological polar surface area (TPSA) is 109 Å². The highest BCUT2D eigenvalue weighted by molar-refractivity contribution is 5.53. The van der Waals surface area contributed by atoms with Crippen LogP contribution in [0.3, 0.4) is 0 Å². The smallest absolute Gasteiger partial charge is 0.123 e. The molecule has 5 heterocycles. The maximum Gasteiger partial charge on any atom is 0.123 e. The van der Waals surface area contributed by atoms with Crippen LogP contribution in [0.15, 0.2) is 146 Å². The van der Waals surface area contributed by atoms with E-state index in [1.54, 1.807) is 0 Å². The van der Waals surface area contributed by atoms with Crippen molar-refractivity contribution in [1.82, 2.24) is 0 Å². The molecule has 0 radical (unpaired) electrons. The van der Waals surface area contributed by atoms with E-state index in [-0.39, 0.29) is 29.1 Å². The van der Waals surface area contributed by atoms with Crippen molar-refractivity contribution >= 4 is 0 Å². The Morgan fingerprint density at radius 3 is 1.01 bits per heavy atom. The first-order valence-corrected chi connectivity index (χ1v) is 27.8. The summed E-state index contributed by atoms with van der Waals surface area (Å²) in [5, 5.41) is 0. The predicted molar refractivity (Wildman–Crippen MR) is 308 cm³/mol. The van der Waals surface area contributed by atoms with Crippen LogP contribution in [0.2, 0.25) is 0 Å². The van der Waals surface area contributed by atoms with Crippen LogP contribution in [0, 0.1) is 12.8 Å². The first-order valence-electron chi connectivity index (χ1n) is 27.8. The van der Waals surface area contributed by atoms with Gasteiger partial charge in [0.2, 0.25) is 0 Å². The summed E-state index contributed by atoms with van der Waals surface area (Å²) >= 11 is 0. The third-order valence-corrected chi connectivity index (χ3v) is 13.5. The highest BCUT2D eigenvalue weighted by atomic mass is 16.6. The van der Waals surface area contributed by atoms with Crippen LogP contribution in [-0.2, 0) is 39.9 Å². The fourth-order valence-corrected chi connectivity index (χ4v) is 8.27. The van der Waals surface area contributed by atoms with Gasteiger partial charge in [0.25, 0.3) is 0 Å². The maximum absolute atomic E-state index is 5.94. The van der Waals surface area contributed by atoms with Crippen molar-refractivity contribution in [2.45, 2.75) is 130 Å². The van der Waals surface area contributed by atoms with Gasteiger partial charge in [-0.25, -0.2) is 0 Å². The molecule has 5 saturated heterocycles. The van der Waals surface area contributed by atoms with Gasteiger partial charge < -0.3 is 47.4 Å². The van der Waals surface area contributed by atoms with E-state index in [0.29, 0.717) is 45.2 Å². The van der Waals surface area contributed by atoms with E-state index in [1.807, 2.05) is 44.2 Å². The second-order valence-electron chi connectivity index (χ2n) is 22.5. The first-order chi connectivity index (χ1) is 37.0. The summed E-state index contributed by atoms with van der Waals surface area (Å²) in [5.74, 6) is 5.34. The maximum atomic E-state index is 5.94. The number of benzene rings is 6. The van der Waals surface area contributed by atoms with Gasteiger partial charge in [0.15, 0.2) is 0 Å². The van der Waals surface area contributed by atoms with Crippen LogP contribution >= 0.6 is 0 Å². The standard InChI is InChI=1S/C38H40O6.C14H20O2.C9H10O2.C4H10.C2H6/c1-37(2,27-8-14-31(15-9-27)39-20-34-23-42-34)26-4-6-28(7-5-26)38(3,29-10-16-32(17-11-29)40-21-35-24-43-35)30-12-18-33(19-13-30)41-22-36-25-44-36;1-10-5-6-12(14(2,3)4)13(7-10)16-9-11-8-15-11;1-2-4-8(5-3-1)10-6-9-7-11-9;1-4(2)3;1-2/h4-19,34-36H,20-25H2,1-3H3;5-7,11H,8-9H2,1-4H3;1-5,9H,6-7H2;4H,1-3H3;1-2H3. The number of hydrogen-bond donors (Lipinski definition) is 0. The van der Waals surface area contributed by atoms with Gasteiger partial charge in [0.05, 0.1) is 33.0 Å². The Morgan fingerprint density at radius 2 is 0.688 bits per heavy atom. The van der Waals surface area contributed by atoms with Crippen LogP contribution < -0.4 is 23.7 Å². The van der Waals surface area contributed by atoms with Crippen LogP contribution in [-0.4, -0.2) is 96.6 Å². The fourth-order valence-electron chi connectivity index (χ4n) is 8.27. The summed E-state index contributed by atoms with van der Waals surface area (Å²) in [6, 6.07) is 50.7. The molecule has 5 atom stereocenters. The molecule has 0 N–H and O–H groups in total. The SMILES string of the molecule is CC.CC(C)(c1ccc(OCC2CO2)cc1)c1ccc(C(C)(c2ccc(OCC3CO3)cc2)c2ccc(OCC3CO3)cc2)cc1.CC(C)C.Cc1ccc(C(C)(C)C)c(OCC2CO2)c1.c1ccc(OCC2CO2)cc1. The highest BCUT2D eigenvalue weighted by Gasteiger charge is 2.34. The molecule has 5 aliphatic rings. The van der Waals surface area contributed by atoms with Crippen LogP contribution in [0.1, 0.15) is 115 Å². The van der Waals surface area contributed by atoms with Crippen molar-refractivity contribution in [1.29, 1.82) is 0 Å². The van der Waals surface area contributed by atoms with Crippen molar-refractivity contribution in [2.75, 3.05) is 66.1 Å². The molecule has 6 aromatic carbocycles. The van der Waals surface area contributed by atoms with E-state index in [0.717, 1.165) is 67.7 Å². The Bertz CT molecular complexity index is 2580. The third kappa shape index (κ3) is 18.9. The minimum Gasteiger partial charge on any atom is -0.491 e. The van der Waals surface area contributed by atoms with Gasteiger partial charge in [-0.2, -0.15) is 0 Å². The van der Waals surface area contributed by atoms with Crippen molar-refractivity contribution in [3.8, 4) is 28.7 Å². The van der Waals surface area contributed by atoms with E-state index < -0.39 is 5.41 Å². The van der Waals surface area contributed by atoms with Crippen LogP contribution in [0.25, 0.3) is 0 Å². The van der Waals surface area contributed by atoms with E-state index in [4.69, 9.17) is 47.4 Å².